The Hall–Kier alpha value is -2.55. The fraction of sp³-hybridized carbons (Fsp3) is 0.167. The van der Waals surface area contributed by atoms with Crippen LogP contribution in [0.25, 0.3) is 10.9 Å². The van der Waals surface area contributed by atoms with Crippen LogP contribution in [0, 0.1) is 13.8 Å². The van der Waals surface area contributed by atoms with Crippen LogP contribution < -0.4 is 5.32 Å². The zero-order valence-electron chi connectivity index (χ0n) is 12.3. The van der Waals surface area contributed by atoms with Crippen LogP contribution in [-0.2, 0) is 11.3 Å². The Balaban J connectivity index is 1.75. The number of carbonyl (C=O) groups is 1. The Bertz CT molecular complexity index is 802. The summed E-state index contributed by atoms with van der Waals surface area (Å²) in [5.41, 5.74) is 4.33. The minimum Gasteiger partial charge on any atom is -0.338 e. The predicted octanol–water partition coefficient (Wildman–Crippen LogP) is 3.90. The normalized spacial score (nSPS) is 10.8. The minimum atomic E-state index is -0.0143. The fourth-order valence-electron chi connectivity index (χ4n) is 2.45. The number of para-hydroxylation sites is 1. The first-order valence-electron chi connectivity index (χ1n) is 7.04. The number of rotatable bonds is 3. The largest absolute Gasteiger partial charge is 0.338 e. The highest BCUT2D eigenvalue weighted by molar-refractivity contribution is 5.92. The number of hydrogen-bond acceptors (Lipinski definition) is 1. The summed E-state index contributed by atoms with van der Waals surface area (Å²) in [7, 11) is 0. The second-order valence-electron chi connectivity index (χ2n) is 5.35. The van der Waals surface area contributed by atoms with Crippen molar-refractivity contribution in [3.63, 3.8) is 0 Å². The molecule has 0 bridgehead atoms. The number of carbonyl (C=O) groups excluding carboxylic acids is 1. The van der Waals surface area contributed by atoms with Crippen molar-refractivity contribution >= 4 is 22.5 Å². The average Bonchev–Trinajstić information content (AvgIpc) is 2.86. The van der Waals surface area contributed by atoms with Gasteiger partial charge in [-0.25, -0.2) is 0 Å². The number of nitrogens with one attached hydrogen (secondary N) is 1. The number of anilines is 1. The third-order valence-corrected chi connectivity index (χ3v) is 3.78. The van der Waals surface area contributed by atoms with Crippen molar-refractivity contribution in [3.05, 3.63) is 65.9 Å². The molecular weight excluding hydrogens is 260 g/mol. The van der Waals surface area contributed by atoms with E-state index in [2.05, 4.69) is 12.2 Å². The molecule has 0 aliphatic heterocycles. The molecule has 3 rings (SSSR count). The first-order chi connectivity index (χ1) is 10.1. The zero-order valence-corrected chi connectivity index (χ0v) is 12.3. The van der Waals surface area contributed by atoms with E-state index < -0.39 is 0 Å². The smallest absolute Gasteiger partial charge is 0.244 e. The molecule has 3 heteroatoms. The molecular formula is C18H18N2O. The second kappa shape index (κ2) is 5.44. The number of benzene rings is 2. The zero-order chi connectivity index (χ0) is 14.8. The molecule has 1 heterocycles. The number of aromatic nitrogens is 1. The molecule has 0 saturated carbocycles. The molecule has 0 radical (unpaired) electrons. The SMILES string of the molecule is Cc1ccc(NC(=O)Cn2ccc3ccccc32)cc1C. The number of amides is 1. The number of aryl methyl sites for hydroxylation is 2. The van der Waals surface area contributed by atoms with Gasteiger partial charge < -0.3 is 9.88 Å². The monoisotopic (exact) mass is 278 g/mol. The maximum atomic E-state index is 12.2. The van der Waals surface area contributed by atoms with Crippen LogP contribution >= 0.6 is 0 Å². The number of hydrogen-bond donors (Lipinski definition) is 1. The number of fused-ring (bicyclic) bond motifs is 1. The van der Waals surface area contributed by atoms with E-state index in [1.807, 2.05) is 66.2 Å². The van der Waals surface area contributed by atoms with Crippen molar-refractivity contribution in [2.45, 2.75) is 20.4 Å². The Morgan fingerprint density at radius 3 is 2.67 bits per heavy atom. The molecule has 1 aromatic heterocycles. The maximum absolute atomic E-state index is 12.2. The maximum Gasteiger partial charge on any atom is 0.244 e. The molecule has 1 N–H and O–H groups in total. The van der Waals surface area contributed by atoms with E-state index >= 15 is 0 Å². The van der Waals surface area contributed by atoms with Gasteiger partial charge in [0.2, 0.25) is 5.91 Å². The van der Waals surface area contributed by atoms with Gasteiger partial charge in [0.15, 0.2) is 0 Å². The molecule has 21 heavy (non-hydrogen) atoms. The average molecular weight is 278 g/mol. The Kier molecular flexibility index (Phi) is 3.48. The quantitative estimate of drug-likeness (QED) is 0.774. The Morgan fingerprint density at radius 2 is 1.86 bits per heavy atom. The van der Waals surface area contributed by atoms with Gasteiger partial charge in [-0.1, -0.05) is 24.3 Å². The van der Waals surface area contributed by atoms with Gasteiger partial charge in [0.1, 0.15) is 6.54 Å². The highest BCUT2D eigenvalue weighted by atomic mass is 16.1. The van der Waals surface area contributed by atoms with E-state index in [-0.39, 0.29) is 5.91 Å². The third-order valence-electron chi connectivity index (χ3n) is 3.78. The van der Waals surface area contributed by atoms with Gasteiger partial charge in [-0.3, -0.25) is 4.79 Å². The lowest BCUT2D eigenvalue weighted by molar-refractivity contribution is -0.116. The van der Waals surface area contributed by atoms with Crippen LogP contribution in [0.4, 0.5) is 5.69 Å². The fourth-order valence-corrected chi connectivity index (χ4v) is 2.45. The highest BCUT2D eigenvalue weighted by Gasteiger charge is 2.06. The van der Waals surface area contributed by atoms with Crippen LogP contribution in [0.1, 0.15) is 11.1 Å². The van der Waals surface area contributed by atoms with E-state index in [1.54, 1.807) is 0 Å². The lowest BCUT2D eigenvalue weighted by atomic mass is 10.1. The predicted molar refractivity (Wildman–Crippen MR) is 86.5 cm³/mol. The molecule has 3 aromatic rings. The van der Waals surface area contributed by atoms with Gasteiger partial charge in [0.05, 0.1) is 0 Å². The van der Waals surface area contributed by atoms with Crippen molar-refractivity contribution < 1.29 is 4.79 Å². The molecule has 3 nitrogen and oxygen atoms in total. The standard InChI is InChI=1S/C18H18N2O/c1-13-7-8-16(11-14(13)2)19-18(21)12-20-10-9-15-5-3-4-6-17(15)20/h3-11H,12H2,1-2H3,(H,19,21). The van der Waals surface area contributed by atoms with Crippen LogP contribution in [0.2, 0.25) is 0 Å². The van der Waals surface area contributed by atoms with Gasteiger partial charge in [0, 0.05) is 17.4 Å². The lowest BCUT2D eigenvalue weighted by Gasteiger charge is -2.09. The third kappa shape index (κ3) is 2.82. The summed E-state index contributed by atoms with van der Waals surface area (Å²) in [5.74, 6) is -0.0143. The lowest BCUT2D eigenvalue weighted by Crippen LogP contribution is -2.18. The molecule has 0 fully saturated rings. The molecule has 2 aromatic carbocycles. The van der Waals surface area contributed by atoms with E-state index in [0.717, 1.165) is 16.6 Å². The van der Waals surface area contributed by atoms with Crippen LogP contribution in [0.3, 0.4) is 0 Å². The summed E-state index contributed by atoms with van der Waals surface area (Å²) in [6, 6.07) is 16.1. The summed E-state index contributed by atoms with van der Waals surface area (Å²) >= 11 is 0. The molecule has 106 valence electrons. The van der Waals surface area contributed by atoms with Crippen LogP contribution in [-0.4, -0.2) is 10.5 Å². The Labute approximate surface area is 124 Å². The highest BCUT2D eigenvalue weighted by Crippen LogP contribution is 2.16. The van der Waals surface area contributed by atoms with Gasteiger partial charge >= 0.3 is 0 Å². The van der Waals surface area contributed by atoms with Crippen molar-refractivity contribution in [2.24, 2.45) is 0 Å². The van der Waals surface area contributed by atoms with Gasteiger partial charge in [-0.2, -0.15) is 0 Å². The first-order valence-corrected chi connectivity index (χ1v) is 7.04. The molecule has 1 amide bonds. The summed E-state index contributed by atoms with van der Waals surface area (Å²) < 4.78 is 1.96. The molecule has 0 aliphatic rings. The topological polar surface area (TPSA) is 34.0 Å². The molecule has 0 saturated heterocycles. The summed E-state index contributed by atoms with van der Waals surface area (Å²) in [5, 5.41) is 4.10. The van der Waals surface area contributed by atoms with Gasteiger partial charge in [-0.15, -0.1) is 0 Å². The van der Waals surface area contributed by atoms with Gasteiger partial charge in [0.25, 0.3) is 0 Å². The van der Waals surface area contributed by atoms with Crippen molar-refractivity contribution in [2.75, 3.05) is 5.32 Å². The Morgan fingerprint density at radius 1 is 1.05 bits per heavy atom. The second-order valence-corrected chi connectivity index (χ2v) is 5.35. The van der Waals surface area contributed by atoms with Crippen molar-refractivity contribution in [1.82, 2.24) is 4.57 Å². The van der Waals surface area contributed by atoms with E-state index in [1.165, 1.54) is 11.1 Å². The first kappa shape index (κ1) is 13.4. The van der Waals surface area contributed by atoms with Gasteiger partial charge in [-0.05, 0) is 54.6 Å². The molecule has 0 atom stereocenters. The van der Waals surface area contributed by atoms with Crippen molar-refractivity contribution in [1.29, 1.82) is 0 Å². The van der Waals surface area contributed by atoms with E-state index in [9.17, 15) is 4.79 Å². The van der Waals surface area contributed by atoms with E-state index in [4.69, 9.17) is 0 Å². The summed E-state index contributed by atoms with van der Waals surface area (Å²) in [6.45, 7) is 4.43. The summed E-state index contributed by atoms with van der Waals surface area (Å²) in [4.78, 5) is 12.2. The summed E-state index contributed by atoms with van der Waals surface area (Å²) in [6.07, 6.45) is 1.95. The number of nitrogens with zero attached hydrogens (tertiary/aromatic N) is 1. The molecule has 0 unspecified atom stereocenters. The van der Waals surface area contributed by atoms with Crippen LogP contribution in [0.15, 0.2) is 54.7 Å². The van der Waals surface area contributed by atoms with Crippen LogP contribution in [0.5, 0.6) is 0 Å². The minimum absolute atomic E-state index is 0.0143. The molecule has 0 spiro atoms. The molecule has 0 aliphatic carbocycles. The van der Waals surface area contributed by atoms with E-state index in [0.29, 0.717) is 6.54 Å². The van der Waals surface area contributed by atoms with Crippen molar-refractivity contribution in [3.8, 4) is 0 Å².